The Morgan fingerprint density at radius 1 is 1.07 bits per heavy atom. The minimum atomic E-state index is 0.909. The molecule has 0 bridgehead atoms. The van der Waals surface area contributed by atoms with E-state index in [1.807, 2.05) is 0 Å². The summed E-state index contributed by atoms with van der Waals surface area (Å²) in [5.41, 5.74) is 5.68. The summed E-state index contributed by atoms with van der Waals surface area (Å²) in [6.07, 6.45) is 1.12. The van der Waals surface area contributed by atoms with Crippen LogP contribution < -0.4 is 5.32 Å². The summed E-state index contributed by atoms with van der Waals surface area (Å²) < 4.78 is 0. The molecule has 1 aromatic carbocycles. The van der Waals surface area contributed by atoms with Gasteiger partial charge in [0, 0.05) is 12.3 Å². The molecule has 0 aliphatic rings. The number of hydrogen-bond acceptors (Lipinski definition) is 2. The molecule has 0 unspecified atom stereocenters. The Labute approximate surface area is 98.7 Å². The van der Waals surface area contributed by atoms with Gasteiger partial charge in [0.2, 0.25) is 0 Å². The fourth-order valence-corrected chi connectivity index (χ4v) is 2.18. The first-order chi connectivity index (χ1) is 7.15. The molecule has 0 spiro atoms. The number of thiol groups is 1. The van der Waals surface area contributed by atoms with Crippen LogP contribution in [0.15, 0.2) is 12.1 Å². The highest BCUT2D eigenvalue weighted by Crippen LogP contribution is 2.16. The van der Waals surface area contributed by atoms with Crippen molar-refractivity contribution in [3.05, 3.63) is 34.4 Å². The molecule has 1 nitrogen and oxygen atoms in total. The van der Waals surface area contributed by atoms with Crippen molar-refractivity contribution in [3.8, 4) is 0 Å². The van der Waals surface area contributed by atoms with Crippen LogP contribution in [0.2, 0.25) is 0 Å². The van der Waals surface area contributed by atoms with Gasteiger partial charge in [-0.15, -0.1) is 0 Å². The molecule has 15 heavy (non-hydrogen) atoms. The van der Waals surface area contributed by atoms with Crippen LogP contribution in [0.25, 0.3) is 0 Å². The maximum absolute atomic E-state index is 4.17. The Morgan fingerprint density at radius 2 is 1.67 bits per heavy atom. The van der Waals surface area contributed by atoms with E-state index in [0.29, 0.717) is 0 Å². The first-order valence-electron chi connectivity index (χ1n) is 5.53. The Morgan fingerprint density at radius 3 is 2.20 bits per heavy atom. The van der Waals surface area contributed by atoms with Crippen molar-refractivity contribution in [1.29, 1.82) is 0 Å². The minimum Gasteiger partial charge on any atom is -0.316 e. The fraction of sp³-hybridized carbons (Fsp3) is 0.538. The molecular weight excluding hydrogens is 202 g/mol. The van der Waals surface area contributed by atoms with Crippen LogP contribution in [0.3, 0.4) is 0 Å². The van der Waals surface area contributed by atoms with Crippen molar-refractivity contribution in [2.45, 2.75) is 27.2 Å². The highest BCUT2D eigenvalue weighted by molar-refractivity contribution is 7.80. The lowest BCUT2D eigenvalue weighted by Crippen LogP contribution is -2.20. The van der Waals surface area contributed by atoms with Crippen LogP contribution in [0.5, 0.6) is 0 Å². The van der Waals surface area contributed by atoms with E-state index in [-0.39, 0.29) is 0 Å². The third kappa shape index (κ3) is 3.88. The van der Waals surface area contributed by atoms with E-state index in [1.54, 1.807) is 0 Å². The molecular formula is C13H21NS. The average molecular weight is 223 g/mol. The molecule has 84 valence electrons. The molecule has 0 aromatic heterocycles. The highest BCUT2D eigenvalue weighted by Gasteiger charge is 2.02. The molecule has 0 radical (unpaired) electrons. The topological polar surface area (TPSA) is 12.0 Å². The molecule has 0 amide bonds. The van der Waals surface area contributed by atoms with Crippen LogP contribution in [0.4, 0.5) is 0 Å². The molecule has 0 aliphatic carbocycles. The fourth-order valence-electron chi connectivity index (χ4n) is 2.02. The zero-order chi connectivity index (χ0) is 11.3. The van der Waals surface area contributed by atoms with Crippen LogP contribution in [-0.2, 0) is 6.42 Å². The van der Waals surface area contributed by atoms with E-state index in [0.717, 1.165) is 25.3 Å². The third-order valence-corrected chi connectivity index (χ3v) is 2.90. The van der Waals surface area contributed by atoms with Gasteiger partial charge in [-0.25, -0.2) is 0 Å². The molecule has 0 saturated heterocycles. The second kappa shape index (κ2) is 6.19. The van der Waals surface area contributed by atoms with Crippen molar-refractivity contribution in [1.82, 2.24) is 5.32 Å². The summed E-state index contributed by atoms with van der Waals surface area (Å²) in [6, 6.07) is 4.53. The van der Waals surface area contributed by atoms with Gasteiger partial charge in [0.05, 0.1) is 0 Å². The zero-order valence-corrected chi connectivity index (χ0v) is 10.8. The Balaban J connectivity index is 2.60. The number of benzene rings is 1. The average Bonchev–Trinajstić information content (AvgIpc) is 2.15. The lowest BCUT2D eigenvalue weighted by Gasteiger charge is -2.11. The molecule has 0 atom stereocenters. The van der Waals surface area contributed by atoms with E-state index < -0.39 is 0 Å². The molecule has 0 saturated carbocycles. The van der Waals surface area contributed by atoms with Gasteiger partial charge < -0.3 is 5.32 Å². The molecule has 0 heterocycles. The van der Waals surface area contributed by atoms with Gasteiger partial charge in [0.1, 0.15) is 0 Å². The lowest BCUT2D eigenvalue weighted by atomic mass is 9.97. The summed E-state index contributed by atoms with van der Waals surface area (Å²) in [7, 11) is 0. The minimum absolute atomic E-state index is 0.909. The summed E-state index contributed by atoms with van der Waals surface area (Å²) in [4.78, 5) is 0. The lowest BCUT2D eigenvalue weighted by molar-refractivity contribution is 0.718. The van der Waals surface area contributed by atoms with Gasteiger partial charge in [-0.2, -0.15) is 12.6 Å². The van der Waals surface area contributed by atoms with Crippen LogP contribution in [0.1, 0.15) is 22.3 Å². The Hall–Kier alpha value is -0.470. The summed E-state index contributed by atoms with van der Waals surface area (Å²) >= 11 is 4.17. The van der Waals surface area contributed by atoms with Crippen LogP contribution >= 0.6 is 12.6 Å². The smallest absolute Gasteiger partial charge is 0.00398 e. The Kier molecular flexibility index (Phi) is 5.20. The predicted octanol–water partition coefficient (Wildman–Crippen LogP) is 2.67. The molecule has 1 N–H and O–H groups in total. The van der Waals surface area contributed by atoms with E-state index in [4.69, 9.17) is 0 Å². The van der Waals surface area contributed by atoms with Crippen molar-refractivity contribution in [2.24, 2.45) is 0 Å². The zero-order valence-electron chi connectivity index (χ0n) is 9.93. The molecule has 1 rings (SSSR count). The van der Waals surface area contributed by atoms with Crippen molar-refractivity contribution in [2.75, 3.05) is 18.8 Å². The maximum atomic E-state index is 4.17. The monoisotopic (exact) mass is 223 g/mol. The molecule has 0 aliphatic heterocycles. The largest absolute Gasteiger partial charge is 0.316 e. The second-order valence-electron chi connectivity index (χ2n) is 4.10. The van der Waals surface area contributed by atoms with Crippen molar-refractivity contribution < 1.29 is 0 Å². The standard InChI is InChI=1S/C13H21NS/c1-10-8-11(2)13(12(3)9-10)4-5-14-6-7-15/h8-9,14-15H,4-7H2,1-3H3. The second-order valence-corrected chi connectivity index (χ2v) is 4.55. The SMILES string of the molecule is Cc1cc(C)c(CCNCCS)c(C)c1. The van der Waals surface area contributed by atoms with Gasteiger partial charge in [0.25, 0.3) is 0 Å². The van der Waals surface area contributed by atoms with E-state index >= 15 is 0 Å². The number of hydrogen-bond donors (Lipinski definition) is 2. The summed E-state index contributed by atoms with van der Waals surface area (Å²) in [5.74, 6) is 0.909. The van der Waals surface area contributed by atoms with Crippen molar-refractivity contribution in [3.63, 3.8) is 0 Å². The summed E-state index contributed by atoms with van der Waals surface area (Å²) in [6.45, 7) is 8.60. The third-order valence-electron chi connectivity index (χ3n) is 2.68. The Bertz CT molecular complexity index is 297. The van der Waals surface area contributed by atoms with Crippen molar-refractivity contribution >= 4 is 12.6 Å². The predicted molar refractivity (Wildman–Crippen MR) is 71.1 cm³/mol. The van der Waals surface area contributed by atoms with Gasteiger partial charge in [0.15, 0.2) is 0 Å². The van der Waals surface area contributed by atoms with E-state index in [9.17, 15) is 0 Å². The van der Waals surface area contributed by atoms with Crippen LogP contribution in [0, 0.1) is 20.8 Å². The normalized spacial score (nSPS) is 10.7. The maximum Gasteiger partial charge on any atom is 0.00398 e. The van der Waals surface area contributed by atoms with Gasteiger partial charge in [-0.3, -0.25) is 0 Å². The van der Waals surface area contributed by atoms with E-state index in [2.05, 4.69) is 50.8 Å². The summed E-state index contributed by atoms with van der Waals surface area (Å²) in [5, 5.41) is 3.38. The first-order valence-corrected chi connectivity index (χ1v) is 6.16. The molecule has 2 heteroatoms. The van der Waals surface area contributed by atoms with Crippen LogP contribution in [-0.4, -0.2) is 18.8 Å². The van der Waals surface area contributed by atoms with Gasteiger partial charge >= 0.3 is 0 Å². The van der Waals surface area contributed by atoms with Gasteiger partial charge in [-0.1, -0.05) is 17.7 Å². The number of nitrogens with one attached hydrogen (secondary N) is 1. The highest BCUT2D eigenvalue weighted by atomic mass is 32.1. The number of rotatable bonds is 5. The molecule has 1 aromatic rings. The molecule has 0 fully saturated rings. The number of aryl methyl sites for hydroxylation is 3. The quantitative estimate of drug-likeness (QED) is 0.578. The van der Waals surface area contributed by atoms with E-state index in [1.165, 1.54) is 22.3 Å². The first kappa shape index (κ1) is 12.6. The van der Waals surface area contributed by atoms with Gasteiger partial charge in [-0.05, 0) is 50.4 Å².